The molecule has 0 spiro atoms. The Morgan fingerprint density at radius 1 is 1.20 bits per heavy atom. The van der Waals surface area contributed by atoms with Gasteiger partial charge in [-0.25, -0.2) is 4.89 Å². The van der Waals surface area contributed by atoms with Gasteiger partial charge in [-0.05, 0) is 55.8 Å². The largest absolute Gasteiger partial charge is 0.251 e. The molecular formula is C13H24O2. The van der Waals surface area contributed by atoms with E-state index in [1.54, 1.807) is 0 Å². The van der Waals surface area contributed by atoms with E-state index >= 15 is 0 Å². The van der Waals surface area contributed by atoms with Gasteiger partial charge in [0.05, 0.1) is 0 Å². The predicted octanol–water partition coefficient (Wildman–Crippen LogP) is 3.72. The van der Waals surface area contributed by atoms with Gasteiger partial charge in [-0.3, -0.25) is 5.26 Å². The lowest BCUT2D eigenvalue weighted by Gasteiger charge is -2.52. The zero-order chi connectivity index (χ0) is 11.1. The summed E-state index contributed by atoms with van der Waals surface area (Å²) in [6, 6.07) is 0. The van der Waals surface area contributed by atoms with Crippen molar-refractivity contribution >= 4 is 0 Å². The van der Waals surface area contributed by atoms with Crippen LogP contribution in [0.5, 0.6) is 0 Å². The molecule has 2 nitrogen and oxygen atoms in total. The zero-order valence-corrected chi connectivity index (χ0v) is 10.2. The highest BCUT2D eigenvalue weighted by Gasteiger charge is 2.51. The van der Waals surface area contributed by atoms with Crippen LogP contribution in [0.15, 0.2) is 0 Å². The SMILES string of the molecule is CCC1(OO)C(C)CC2CC(C)CC1C2. The van der Waals surface area contributed by atoms with Crippen LogP contribution in [0.4, 0.5) is 0 Å². The van der Waals surface area contributed by atoms with Crippen LogP contribution in [0.3, 0.4) is 0 Å². The third kappa shape index (κ3) is 1.72. The van der Waals surface area contributed by atoms with Crippen LogP contribution in [-0.4, -0.2) is 10.9 Å². The molecule has 2 bridgehead atoms. The predicted molar refractivity (Wildman–Crippen MR) is 60.5 cm³/mol. The first-order valence-electron chi connectivity index (χ1n) is 6.45. The standard InChI is InChI=1S/C13H24O2/c1-4-13(15-14)10(3)7-11-5-9(2)6-12(13)8-11/h9-12,14H,4-8H2,1-3H3. The Bertz CT molecular complexity index is 219. The molecule has 0 aromatic heterocycles. The normalized spacial score (nSPS) is 50.4. The summed E-state index contributed by atoms with van der Waals surface area (Å²) >= 11 is 0. The van der Waals surface area contributed by atoms with Crippen molar-refractivity contribution in [3.63, 3.8) is 0 Å². The van der Waals surface area contributed by atoms with Gasteiger partial charge in [0.25, 0.3) is 0 Å². The summed E-state index contributed by atoms with van der Waals surface area (Å²) in [5.74, 6) is 2.76. The molecular weight excluding hydrogens is 188 g/mol. The molecule has 1 N–H and O–H groups in total. The van der Waals surface area contributed by atoms with Crippen LogP contribution in [-0.2, 0) is 4.89 Å². The molecule has 0 aromatic carbocycles. The molecule has 0 radical (unpaired) electrons. The Morgan fingerprint density at radius 3 is 2.53 bits per heavy atom. The lowest BCUT2D eigenvalue weighted by Crippen LogP contribution is -2.52. The fourth-order valence-electron chi connectivity index (χ4n) is 4.31. The fraction of sp³-hybridized carbons (Fsp3) is 1.00. The molecule has 0 amide bonds. The first-order valence-corrected chi connectivity index (χ1v) is 6.45. The summed E-state index contributed by atoms with van der Waals surface area (Å²) in [5, 5.41) is 9.31. The third-order valence-corrected chi connectivity index (χ3v) is 4.98. The summed E-state index contributed by atoms with van der Waals surface area (Å²) in [7, 11) is 0. The van der Waals surface area contributed by atoms with Gasteiger partial charge < -0.3 is 0 Å². The molecule has 5 unspecified atom stereocenters. The number of fused-ring (bicyclic) bond motifs is 2. The number of rotatable bonds is 2. The Labute approximate surface area is 92.9 Å². The van der Waals surface area contributed by atoms with Crippen molar-refractivity contribution in [1.29, 1.82) is 0 Å². The van der Waals surface area contributed by atoms with Gasteiger partial charge in [0.2, 0.25) is 0 Å². The van der Waals surface area contributed by atoms with Gasteiger partial charge in [-0.15, -0.1) is 0 Å². The smallest absolute Gasteiger partial charge is 0.108 e. The Hall–Kier alpha value is -0.0800. The lowest BCUT2D eigenvalue weighted by molar-refractivity contribution is -0.364. The minimum Gasteiger partial charge on any atom is -0.251 e. The van der Waals surface area contributed by atoms with Gasteiger partial charge in [0.1, 0.15) is 5.60 Å². The fourth-order valence-corrected chi connectivity index (χ4v) is 4.31. The molecule has 2 saturated carbocycles. The maximum Gasteiger partial charge on any atom is 0.108 e. The Morgan fingerprint density at radius 2 is 1.93 bits per heavy atom. The molecule has 0 aliphatic heterocycles. The maximum atomic E-state index is 9.31. The van der Waals surface area contributed by atoms with Crippen molar-refractivity contribution in [2.75, 3.05) is 0 Å². The van der Waals surface area contributed by atoms with Crippen molar-refractivity contribution in [2.24, 2.45) is 23.7 Å². The number of hydrogen-bond acceptors (Lipinski definition) is 2. The monoisotopic (exact) mass is 212 g/mol. The summed E-state index contributed by atoms with van der Waals surface area (Å²) < 4.78 is 0. The van der Waals surface area contributed by atoms with Crippen LogP contribution in [0.25, 0.3) is 0 Å². The second-order valence-electron chi connectivity index (χ2n) is 5.91. The van der Waals surface area contributed by atoms with Gasteiger partial charge in [-0.1, -0.05) is 20.8 Å². The van der Waals surface area contributed by atoms with Gasteiger partial charge in [-0.2, -0.15) is 0 Å². The molecule has 5 atom stereocenters. The molecule has 2 rings (SSSR count). The van der Waals surface area contributed by atoms with E-state index in [-0.39, 0.29) is 5.60 Å². The Balaban J connectivity index is 2.22. The lowest BCUT2D eigenvalue weighted by atomic mass is 9.57. The van der Waals surface area contributed by atoms with E-state index in [9.17, 15) is 5.26 Å². The van der Waals surface area contributed by atoms with Crippen molar-refractivity contribution in [3.05, 3.63) is 0 Å². The van der Waals surface area contributed by atoms with E-state index in [0.29, 0.717) is 11.8 Å². The van der Waals surface area contributed by atoms with E-state index < -0.39 is 0 Å². The van der Waals surface area contributed by atoms with Crippen LogP contribution >= 0.6 is 0 Å². The molecule has 2 aliphatic rings. The van der Waals surface area contributed by atoms with Crippen molar-refractivity contribution in [1.82, 2.24) is 0 Å². The molecule has 0 saturated heterocycles. The highest BCUT2D eigenvalue weighted by molar-refractivity contribution is 4.99. The van der Waals surface area contributed by atoms with Crippen molar-refractivity contribution in [2.45, 2.75) is 58.5 Å². The maximum absolute atomic E-state index is 9.31. The summed E-state index contributed by atoms with van der Waals surface area (Å²) in [5.41, 5.74) is -0.245. The summed E-state index contributed by atoms with van der Waals surface area (Å²) in [4.78, 5) is 4.97. The van der Waals surface area contributed by atoms with Crippen molar-refractivity contribution in [3.8, 4) is 0 Å². The van der Waals surface area contributed by atoms with Gasteiger partial charge in [0, 0.05) is 0 Å². The minimum absolute atomic E-state index is 0.245. The molecule has 15 heavy (non-hydrogen) atoms. The van der Waals surface area contributed by atoms with E-state index in [2.05, 4.69) is 20.8 Å². The highest BCUT2D eigenvalue weighted by Crippen LogP contribution is 2.52. The highest BCUT2D eigenvalue weighted by atomic mass is 17.1. The first-order chi connectivity index (χ1) is 7.12. The molecule has 2 fully saturated rings. The topological polar surface area (TPSA) is 29.5 Å². The summed E-state index contributed by atoms with van der Waals surface area (Å²) in [6.07, 6.45) is 6.05. The number of hydrogen-bond donors (Lipinski definition) is 1. The minimum atomic E-state index is -0.245. The molecule has 88 valence electrons. The second-order valence-corrected chi connectivity index (χ2v) is 5.91. The van der Waals surface area contributed by atoms with Gasteiger partial charge in [0.15, 0.2) is 0 Å². The van der Waals surface area contributed by atoms with E-state index in [4.69, 9.17) is 4.89 Å². The van der Waals surface area contributed by atoms with Crippen LogP contribution in [0, 0.1) is 23.7 Å². The molecule has 2 aliphatic carbocycles. The van der Waals surface area contributed by atoms with E-state index in [0.717, 1.165) is 18.3 Å². The third-order valence-electron chi connectivity index (χ3n) is 4.98. The van der Waals surface area contributed by atoms with E-state index in [1.807, 2.05) is 0 Å². The second kappa shape index (κ2) is 4.06. The van der Waals surface area contributed by atoms with Crippen molar-refractivity contribution < 1.29 is 10.1 Å². The first kappa shape index (κ1) is 11.4. The van der Waals surface area contributed by atoms with Crippen LogP contribution in [0.1, 0.15) is 52.9 Å². The van der Waals surface area contributed by atoms with Gasteiger partial charge >= 0.3 is 0 Å². The zero-order valence-electron chi connectivity index (χ0n) is 10.2. The van der Waals surface area contributed by atoms with Crippen LogP contribution < -0.4 is 0 Å². The molecule has 0 aromatic rings. The quantitative estimate of drug-likeness (QED) is 0.558. The van der Waals surface area contributed by atoms with E-state index in [1.165, 1.54) is 25.7 Å². The average molecular weight is 212 g/mol. The average Bonchev–Trinajstić information content (AvgIpc) is 2.18. The Kier molecular flexibility index (Phi) is 3.09. The van der Waals surface area contributed by atoms with Crippen LogP contribution in [0.2, 0.25) is 0 Å². The molecule has 2 heteroatoms. The summed E-state index contributed by atoms with van der Waals surface area (Å²) in [6.45, 7) is 6.73. The molecule has 0 heterocycles.